The number of fused-ring (bicyclic) bond motifs is 5. The largest absolute Gasteiger partial charge is 0.461 e. The summed E-state index contributed by atoms with van der Waals surface area (Å²) in [5, 5.41) is 20.3. The van der Waals surface area contributed by atoms with Crippen molar-refractivity contribution in [1.29, 1.82) is 5.26 Å². The average molecular weight is 752 g/mol. The number of alkyl halides is 1. The summed E-state index contributed by atoms with van der Waals surface area (Å²) in [6, 6.07) is 4.44. The van der Waals surface area contributed by atoms with Gasteiger partial charge in [0.2, 0.25) is 5.91 Å². The number of anilines is 2. The molecule has 0 spiro atoms. The SMILES string of the molecule is CC(C)(C)OC(=O)Nc1sc2c(F)ccc(-c3c4c(c5c(N[C@H]6CCNC6=O)nc(OC[C@@]67CCCN6C[C@H](F)C7)nc5c3Cl)COC4)c2c1C#N. The Morgan fingerprint density at radius 3 is 2.83 bits per heavy atom. The first-order valence-electron chi connectivity index (χ1n) is 17.2. The van der Waals surface area contributed by atoms with Gasteiger partial charge < -0.3 is 24.8 Å². The zero-order valence-corrected chi connectivity index (χ0v) is 30.3. The number of amides is 2. The van der Waals surface area contributed by atoms with Crippen LogP contribution in [0.3, 0.4) is 0 Å². The highest BCUT2D eigenvalue weighted by atomic mass is 35.5. The number of benzene rings is 2. The van der Waals surface area contributed by atoms with Crippen LogP contribution in [-0.2, 0) is 27.5 Å². The second kappa shape index (κ2) is 12.9. The van der Waals surface area contributed by atoms with Gasteiger partial charge in [0.15, 0.2) is 0 Å². The summed E-state index contributed by atoms with van der Waals surface area (Å²) in [6.07, 6.45) is 0.892. The van der Waals surface area contributed by atoms with Gasteiger partial charge in [-0.1, -0.05) is 17.7 Å². The van der Waals surface area contributed by atoms with Crippen molar-refractivity contribution in [3.05, 3.63) is 39.7 Å². The number of ether oxygens (including phenoxy) is 3. The summed E-state index contributed by atoms with van der Waals surface area (Å²) in [5.41, 5.74) is 1.43. The number of carbonyl (C=O) groups excluding carboxylic acids is 2. The van der Waals surface area contributed by atoms with Crippen molar-refractivity contribution >= 4 is 66.7 Å². The molecule has 12 nitrogen and oxygen atoms in total. The fraction of sp³-hybridized carbons (Fsp3) is 0.472. The van der Waals surface area contributed by atoms with E-state index in [1.807, 2.05) is 0 Å². The highest BCUT2D eigenvalue weighted by Crippen LogP contribution is 2.50. The molecule has 52 heavy (non-hydrogen) atoms. The van der Waals surface area contributed by atoms with E-state index >= 15 is 4.39 Å². The summed E-state index contributed by atoms with van der Waals surface area (Å²) in [6.45, 7) is 7.30. The van der Waals surface area contributed by atoms with Crippen LogP contribution in [-0.4, -0.2) is 76.5 Å². The molecule has 3 N–H and O–H groups in total. The van der Waals surface area contributed by atoms with Crippen molar-refractivity contribution in [2.45, 2.75) is 83.0 Å². The maximum absolute atomic E-state index is 15.5. The van der Waals surface area contributed by atoms with Crippen LogP contribution >= 0.6 is 22.9 Å². The molecule has 4 aromatic rings. The number of nitrogens with zero attached hydrogens (tertiary/aromatic N) is 4. The quantitative estimate of drug-likeness (QED) is 0.184. The number of thiophene rings is 1. The van der Waals surface area contributed by atoms with Crippen LogP contribution < -0.4 is 20.7 Å². The molecule has 0 bridgehead atoms. The average Bonchev–Trinajstić information content (AvgIpc) is 3.90. The molecular weight excluding hydrogens is 716 g/mol. The van der Waals surface area contributed by atoms with E-state index in [9.17, 15) is 19.2 Å². The summed E-state index contributed by atoms with van der Waals surface area (Å²) in [4.78, 5) is 37.2. The lowest BCUT2D eigenvalue weighted by Gasteiger charge is -2.31. The lowest BCUT2D eigenvalue weighted by Crippen LogP contribution is -2.43. The standard InChI is InChI=1S/C36H36ClF2N7O5S/c1-35(2,3)51-34(48)45-32-19(12-40)25-18(5-6-22(39)29(25)52-32)24-20-14-49-15-21(20)26-28(27(24)37)43-33(44-30(26)42-23-7-9-41-31(23)47)50-16-36-8-4-10-46(36)13-17(38)11-36/h5-6,17,23H,4,7-11,13-16H2,1-3H3,(H,41,47)(H,45,48)(H,42,43,44)/t17-,23+,36+/m1/s1. The molecule has 0 aliphatic carbocycles. The topological polar surface area (TPSA) is 151 Å². The zero-order valence-electron chi connectivity index (χ0n) is 28.8. The molecule has 3 fully saturated rings. The molecule has 3 atom stereocenters. The van der Waals surface area contributed by atoms with Crippen LogP contribution in [0.1, 0.15) is 63.1 Å². The Morgan fingerprint density at radius 1 is 1.27 bits per heavy atom. The van der Waals surface area contributed by atoms with Crippen LogP contribution in [0.15, 0.2) is 12.1 Å². The van der Waals surface area contributed by atoms with Crippen LogP contribution in [0, 0.1) is 17.1 Å². The van der Waals surface area contributed by atoms with E-state index in [0.29, 0.717) is 59.3 Å². The number of rotatable bonds is 7. The molecule has 3 saturated heterocycles. The third kappa shape index (κ3) is 5.95. The second-order valence-corrected chi connectivity index (χ2v) is 16.1. The molecule has 16 heteroatoms. The van der Waals surface area contributed by atoms with Crippen LogP contribution in [0.25, 0.3) is 32.1 Å². The molecule has 2 amide bonds. The zero-order chi connectivity index (χ0) is 36.5. The van der Waals surface area contributed by atoms with Crippen LogP contribution in [0.5, 0.6) is 6.01 Å². The Bertz CT molecular complexity index is 2200. The number of nitrogens with one attached hydrogen (secondary N) is 3. The highest BCUT2D eigenvalue weighted by Gasteiger charge is 2.49. The maximum atomic E-state index is 15.5. The number of hydrogen-bond acceptors (Lipinski definition) is 11. The maximum Gasteiger partial charge on any atom is 0.412 e. The molecule has 0 unspecified atom stereocenters. The minimum atomic E-state index is -0.943. The minimum absolute atomic E-state index is 0.00463. The number of hydrogen-bond donors (Lipinski definition) is 3. The van der Waals surface area contributed by atoms with E-state index < -0.39 is 35.3 Å². The molecule has 0 saturated carbocycles. The van der Waals surface area contributed by atoms with Crippen molar-refractivity contribution in [3.8, 4) is 23.2 Å². The van der Waals surface area contributed by atoms with Crippen LogP contribution in [0.4, 0.5) is 24.4 Å². The van der Waals surface area contributed by atoms with Crippen LogP contribution in [0.2, 0.25) is 5.02 Å². The summed E-state index contributed by atoms with van der Waals surface area (Å²) < 4.78 is 47.9. The first-order chi connectivity index (χ1) is 24.9. The van der Waals surface area contributed by atoms with E-state index in [-0.39, 0.29) is 57.4 Å². The van der Waals surface area contributed by atoms with Gasteiger partial charge in [0.05, 0.1) is 44.9 Å². The van der Waals surface area contributed by atoms with E-state index in [1.165, 1.54) is 6.07 Å². The van der Waals surface area contributed by atoms with Gasteiger partial charge in [0.1, 0.15) is 47.1 Å². The molecule has 0 radical (unpaired) electrons. The predicted molar refractivity (Wildman–Crippen MR) is 192 cm³/mol. The number of halogens is 3. The lowest BCUT2D eigenvalue weighted by atomic mass is 9.91. The first-order valence-corrected chi connectivity index (χ1v) is 18.4. The number of carbonyl (C=O) groups is 2. The summed E-state index contributed by atoms with van der Waals surface area (Å²) in [7, 11) is 0. The summed E-state index contributed by atoms with van der Waals surface area (Å²) >= 11 is 8.28. The molecule has 272 valence electrons. The van der Waals surface area contributed by atoms with Gasteiger partial charge in [-0.25, -0.2) is 13.6 Å². The molecule has 4 aliphatic heterocycles. The molecular formula is C36H36ClF2N7O5S. The predicted octanol–water partition coefficient (Wildman–Crippen LogP) is 6.81. The Morgan fingerprint density at radius 2 is 2.08 bits per heavy atom. The van der Waals surface area contributed by atoms with Crippen molar-refractivity contribution in [2.75, 3.05) is 36.9 Å². The Labute approximate surface area is 306 Å². The van der Waals surface area contributed by atoms with Gasteiger partial charge in [-0.2, -0.15) is 15.2 Å². The molecule has 8 rings (SSSR count). The Kier molecular flexibility index (Phi) is 8.64. The summed E-state index contributed by atoms with van der Waals surface area (Å²) in [5.74, 6) is -0.408. The fourth-order valence-electron chi connectivity index (χ4n) is 7.98. The van der Waals surface area contributed by atoms with E-state index in [4.69, 9.17) is 35.8 Å². The third-order valence-electron chi connectivity index (χ3n) is 10.2. The van der Waals surface area contributed by atoms with Gasteiger partial charge >= 0.3 is 12.1 Å². The molecule has 6 heterocycles. The number of nitriles is 1. The normalized spacial score (nSPS) is 22.8. The molecule has 4 aliphatic rings. The third-order valence-corrected chi connectivity index (χ3v) is 11.6. The Hall–Kier alpha value is -4.36. The van der Waals surface area contributed by atoms with Gasteiger partial charge in [-0.05, 0) is 69.3 Å². The monoisotopic (exact) mass is 751 g/mol. The van der Waals surface area contributed by atoms with E-state index in [1.54, 1.807) is 26.8 Å². The number of aromatic nitrogens is 2. The highest BCUT2D eigenvalue weighted by molar-refractivity contribution is 7.23. The Balaban J connectivity index is 1.29. The van der Waals surface area contributed by atoms with Gasteiger partial charge in [0.25, 0.3) is 0 Å². The lowest BCUT2D eigenvalue weighted by molar-refractivity contribution is -0.119. The molecule has 2 aromatic heterocycles. The molecule has 2 aromatic carbocycles. The van der Waals surface area contributed by atoms with Crippen molar-refractivity contribution in [2.24, 2.45) is 0 Å². The van der Waals surface area contributed by atoms with Gasteiger partial charge in [-0.15, -0.1) is 11.3 Å². The van der Waals surface area contributed by atoms with E-state index in [2.05, 4.69) is 26.9 Å². The van der Waals surface area contributed by atoms with Crippen molar-refractivity contribution in [1.82, 2.24) is 20.2 Å². The van der Waals surface area contributed by atoms with Crippen molar-refractivity contribution < 1.29 is 32.6 Å². The van der Waals surface area contributed by atoms with E-state index in [0.717, 1.165) is 36.3 Å². The smallest absolute Gasteiger partial charge is 0.412 e. The second-order valence-electron chi connectivity index (χ2n) is 14.7. The van der Waals surface area contributed by atoms with Crippen molar-refractivity contribution in [3.63, 3.8) is 0 Å². The fourth-order valence-corrected chi connectivity index (χ4v) is 9.40. The van der Waals surface area contributed by atoms with Gasteiger partial charge in [-0.3, -0.25) is 15.0 Å². The first kappa shape index (κ1) is 34.7. The van der Waals surface area contributed by atoms with Gasteiger partial charge in [0, 0.05) is 30.5 Å². The minimum Gasteiger partial charge on any atom is -0.461 e.